The van der Waals surface area contributed by atoms with E-state index in [0.717, 1.165) is 18.1 Å². The Hall–Kier alpha value is -0.750. The molecule has 0 aliphatic heterocycles. The largest absolute Gasteiger partial charge is 0.464 e. The summed E-state index contributed by atoms with van der Waals surface area (Å²) in [5.74, 6) is 0.509. The van der Waals surface area contributed by atoms with E-state index in [1.165, 1.54) is 12.8 Å². The molecular weight excluding hydrogens is 284 g/mol. The van der Waals surface area contributed by atoms with Crippen molar-refractivity contribution in [1.82, 2.24) is 15.0 Å². The van der Waals surface area contributed by atoms with Gasteiger partial charge in [0.25, 0.3) is 0 Å². The molecule has 0 aromatic carbocycles. The lowest BCUT2D eigenvalue weighted by Gasteiger charge is -2.28. The Balaban J connectivity index is 2.01. The average Bonchev–Trinajstić information content (AvgIpc) is 2.38. The van der Waals surface area contributed by atoms with Gasteiger partial charge in [-0.1, -0.05) is 6.42 Å². The second kappa shape index (κ2) is 7.14. The van der Waals surface area contributed by atoms with E-state index in [4.69, 9.17) is 16.3 Å². The third kappa shape index (κ3) is 4.38. The Morgan fingerprint density at radius 1 is 1.37 bits per heavy atom. The number of nitrogens with one attached hydrogen (secondary N) is 1. The van der Waals surface area contributed by atoms with E-state index in [2.05, 4.69) is 26.5 Å². The van der Waals surface area contributed by atoms with Crippen LogP contribution in [0.1, 0.15) is 32.6 Å². The van der Waals surface area contributed by atoms with Crippen LogP contribution in [0, 0.1) is 0 Å². The number of aromatic nitrogens is 3. The maximum Gasteiger partial charge on any atom is 0.322 e. The van der Waals surface area contributed by atoms with Gasteiger partial charge in [0.15, 0.2) is 0 Å². The topological polar surface area (TPSA) is 59.9 Å². The Labute approximate surface area is 122 Å². The second-order valence-electron chi connectivity index (χ2n) is 4.51. The van der Waals surface area contributed by atoms with Crippen LogP contribution in [0.5, 0.6) is 6.01 Å². The van der Waals surface area contributed by atoms with Crippen LogP contribution in [-0.4, -0.2) is 39.1 Å². The molecule has 0 spiro atoms. The average molecular weight is 303 g/mol. The van der Waals surface area contributed by atoms with Crippen molar-refractivity contribution in [2.45, 2.75) is 43.9 Å². The maximum absolute atomic E-state index is 5.87. The summed E-state index contributed by atoms with van der Waals surface area (Å²) in [6, 6.07) is 0.682. The predicted octanol–water partition coefficient (Wildman–Crippen LogP) is 3.01. The van der Waals surface area contributed by atoms with Crippen LogP contribution in [0.25, 0.3) is 0 Å². The molecule has 2 rings (SSSR count). The highest BCUT2D eigenvalue weighted by Gasteiger charge is 2.22. The summed E-state index contributed by atoms with van der Waals surface area (Å²) in [7, 11) is 0. The van der Waals surface area contributed by atoms with Gasteiger partial charge in [-0.3, -0.25) is 0 Å². The van der Waals surface area contributed by atoms with Crippen molar-refractivity contribution in [3.63, 3.8) is 0 Å². The molecule has 1 aromatic heterocycles. The van der Waals surface area contributed by atoms with E-state index in [9.17, 15) is 0 Å². The Morgan fingerprint density at radius 2 is 2.21 bits per heavy atom. The number of rotatable bonds is 5. The minimum Gasteiger partial charge on any atom is -0.464 e. The quantitative estimate of drug-likeness (QED) is 0.902. The van der Waals surface area contributed by atoms with Crippen molar-refractivity contribution < 1.29 is 4.74 Å². The van der Waals surface area contributed by atoms with Gasteiger partial charge >= 0.3 is 6.01 Å². The van der Waals surface area contributed by atoms with Gasteiger partial charge in [0.05, 0.1) is 6.61 Å². The summed E-state index contributed by atoms with van der Waals surface area (Å²) >= 11 is 7.80. The van der Waals surface area contributed by atoms with Gasteiger partial charge in [0.1, 0.15) is 0 Å². The molecular formula is C12H19ClN4OS. The molecule has 19 heavy (non-hydrogen) atoms. The first kappa shape index (κ1) is 14.7. The summed E-state index contributed by atoms with van der Waals surface area (Å²) in [6.45, 7) is 2.40. The maximum atomic E-state index is 5.87. The van der Waals surface area contributed by atoms with Crippen LogP contribution < -0.4 is 10.1 Å². The highest BCUT2D eigenvalue weighted by atomic mass is 35.5. The first-order valence-corrected chi connectivity index (χ1v) is 8.21. The normalized spacial score (nSPS) is 23.1. The SMILES string of the molecule is CCOc1nc(Cl)nc(NC2CCCC(SC)C2)n1. The third-order valence-electron chi connectivity index (χ3n) is 3.15. The molecule has 0 amide bonds. The van der Waals surface area contributed by atoms with Crippen LogP contribution in [0.4, 0.5) is 5.95 Å². The number of hydrogen-bond donors (Lipinski definition) is 1. The standard InChI is InChI=1S/C12H19ClN4OS/c1-3-18-12-16-10(13)15-11(17-12)14-8-5-4-6-9(7-8)19-2/h8-9H,3-7H2,1-2H3,(H,14,15,16,17). The van der Waals surface area contributed by atoms with Gasteiger partial charge in [0.2, 0.25) is 11.2 Å². The van der Waals surface area contributed by atoms with E-state index < -0.39 is 0 Å². The molecule has 1 aliphatic carbocycles. The van der Waals surface area contributed by atoms with Crippen LogP contribution in [0.3, 0.4) is 0 Å². The van der Waals surface area contributed by atoms with Crippen molar-refractivity contribution in [3.05, 3.63) is 5.28 Å². The van der Waals surface area contributed by atoms with Gasteiger partial charge in [-0.2, -0.15) is 26.7 Å². The fourth-order valence-corrected chi connectivity index (χ4v) is 3.24. The van der Waals surface area contributed by atoms with Gasteiger partial charge < -0.3 is 10.1 Å². The van der Waals surface area contributed by atoms with E-state index >= 15 is 0 Å². The molecule has 106 valence electrons. The molecule has 0 saturated heterocycles. The number of anilines is 1. The molecule has 0 bridgehead atoms. The molecule has 7 heteroatoms. The Bertz CT molecular complexity index is 421. The highest BCUT2D eigenvalue weighted by Crippen LogP contribution is 2.28. The predicted molar refractivity (Wildman–Crippen MR) is 79.2 cm³/mol. The van der Waals surface area contributed by atoms with E-state index in [0.29, 0.717) is 18.6 Å². The van der Waals surface area contributed by atoms with Gasteiger partial charge in [-0.25, -0.2) is 0 Å². The monoisotopic (exact) mass is 302 g/mol. The van der Waals surface area contributed by atoms with Gasteiger partial charge in [-0.15, -0.1) is 0 Å². The van der Waals surface area contributed by atoms with E-state index in [1.807, 2.05) is 18.7 Å². The summed E-state index contributed by atoms with van der Waals surface area (Å²) in [5.41, 5.74) is 0. The summed E-state index contributed by atoms with van der Waals surface area (Å²) in [4.78, 5) is 12.3. The van der Waals surface area contributed by atoms with Gasteiger partial charge in [0, 0.05) is 11.3 Å². The molecule has 1 N–H and O–H groups in total. The zero-order valence-corrected chi connectivity index (χ0v) is 12.8. The third-order valence-corrected chi connectivity index (χ3v) is 4.42. The molecule has 1 fully saturated rings. The van der Waals surface area contributed by atoms with Crippen LogP contribution >= 0.6 is 23.4 Å². The highest BCUT2D eigenvalue weighted by molar-refractivity contribution is 7.99. The smallest absolute Gasteiger partial charge is 0.322 e. The van der Waals surface area contributed by atoms with Crippen molar-refractivity contribution >= 4 is 29.3 Å². The number of halogens is 1. The zero-order chi connectivity index (χ0) is 13.7. The summed E-state index contributed by atoms with van der Waals surface area (Å²) < 4.78 is 5.27. The lowest BCUT2D eigenvalue weighted by atomic mass is 9.95. The molecule has 2 unspecified atom stereocenters. The fourth-order valence-electron chi connectivity index (χ4n) is 2.26. The Morgan fingerprint density at radius 3 is 2.95 bits per heavy atom. The zero-order valence-electron chi connectivity index (χ0n) is 11.2. The first-order valence-electron chi connectivity index (χ1n) is 6.55. The summed E-state index contributed by atoms with van der Waals surface area (Å²) in [6.07, 6.45) is 6.97. The fraction of sp³-hybridized carbons (Fsp3) is 0.750. The molecule has 1 saturated carbocycles. The second-order valence-corrected chi connectivity index (χ2v) is 5.99. The van der Waals surface area contributed by atoms with Crippen molar-refractivity contribution in [2.75, 3.05) is 18.2 Å². The van der Waals surface area contributed by atoms with Crippen LogP contribution in [-0.2, 0) is 0 Å². The van der Waals surface area contributed by atoms with E-state index in [-0.39, 0.29) is 11.3 Å². The van der Waals surface area contributed by atoms with Crippen LogP contribution in [0.15, 0.2) is 0 Å². The Kier molecular flexibility index (Phi) is 5.51. The molecule has 1 aromatic rings. The lowest BCUT2D eigenvalue weighted by Crippen LogP contribution is -2.29. The van der Waals surface area contributed by atoms with E-state index in [1.54, 1.807) is 0 Å². The molecule has 0 radical (unpaired) electrons. The molecule has 2 atom stereocenters. The lowest BCUT2D eigenvalue weighted by molar-refractivity contribution is 0.311. The number of nitrogens with zero attached hydrogens (tertiary/aromatic N) is 3. The molecule has 1 aliphatic rings. The number of ether oxygens (including phenoxy) is 1. The van der Waals surface area contributed by atoms with Crippen molar-refractivity contribution in [3.8, 4) is 6.01 Å². The number of hydrogen-bond acceptors (Lipinski definition) is 6. The minimum atomic E-state index is 0.165. The molecule has 5 nitrogen and oxygen atoms in total. The van der Waals surface area contributed by atoms with Gasteiger partial charge in [-0.05, 0) is 44.0 Å². The molecule has 1 heterocycles. The number of thioether (sulfide) groups is 1. The summed E-state index contributed by atoms with van der Waals surface area (Å²) in [5, 5.41) is 4.23. The first-order chi connectivity index (χ1) is 9.21. The van der Waals surface area contributed by atoms with Crippen molar-refractivity contribution in [1.29, 1.82) is 0 Å². The van der Waals surface area contributed by atoms with Crippen LogP contribution in [0.2, 0.25) is 5.28 Å². The minimum absolute atomic E-state index is 0.165. The van der Waals surface area contributed by atoms with Crippen molar-refractivity contribution in [2.24, 2.45) is 0 Å².